The molecule has 2 aromatic heterocycles. The van der Waals surface area contributed by atoms with Crippen LogP contribution in [-0.2, 0) is 0 Å². The van der Waals surface area contributed by atoms with Gasteiger partial charge in [-0.05, 0) is 41.6 Å². The van der Waals surface area contributed by atoms with Gasteiger partial charge in [0.2, 0.25) is 5.82 Å². The molecule has 7 nitrogen and oxygen atoms in total. The second kappa shape index (κ2) is 5.28. The molecule has 0 atom stereocenters. The van der Waals surface area contributed by atoms with Gasteiger partial charge < -0.3 is 9.84 Å². The van der Waals surface area contributed by atoms with Crippen molar-refractivity contribution in [2.24, 2.45) is 5.18 Å². The molecule has 7 heteroatoms. The molecule has 110 valence electrons. The number of rotatable bonds is 4. The van der Waals surface area contributed by atoms with Crippen LogP contribution in [0.1, 0.15) is 10.4 Å². The van der Waals surface area contributed by atoms with Crippen LogP contribution >= 0.6 is 0 Å². The highest BCUT2D eigenvalue weighted by Gasteiger charge is 2.16. The van der Waals surface area contributed by atoms with E-state index in [1.54, 1.807) is 31.4 Å². The molecular weight excluding hydrogens is 286 g/mol. The maximum Gasteiger partial charge on any atom is 0.335 e. The monoisotopic (exact) mass is 297 g/mol. The van der Waals surface area contributed by atoms with Crippen LogP contribution in [0.2, 0.25) is 0 Å². The fourth-order valence-corrected chi connectivity index (χ4v) is 2.19. The van der Waals surface area contributed by atoms with Crippen molar-refractivity contribution < 1.29 is 14.6 Å². The topological polar surface area (TPSA) is 93.3 Å². The molecule has 2 heterocycles. The summed E-state index contributed by atoms with van der Waals surface area (Å²) in [5, 5.41) is 12.0. The van der Waals surface area contributed by atoms with Crippen molar-refractivity contribution >= 4 is 17.4 Å². The van der Waals surface area contributed by atoms with Crippen molar-refractivity contribution in [1.29, 1.82) is 0 Å². The van der Waals surface area contributed by atoms with Crippen LogP contribution in [0.4, 0.5) is 5.82 Å². The van der Waals surface area contributed by atoms with Gasteiger partial charge in [0, 0.05) is 11.8 Å². The second-order valence-corrected chi connectivity index (χ2v) is 4.55. The van der Waals surface area contributed by atoms with E-state index in [2.05, 4.69) is 10.2 Å². The first-order chi connectivity index (χ1) is 10.6. The third kappa shape index (κ3) is 2.18. The number of methoxy groups -OCH3 is 1. The van der Waals surface area contributed by atoms with E-state index in [1.165, 1.54) is 22.7 Å². The number of aromatic carboxylic acids is 1. The molecule has 3 rings (SSSR count). The Balaban J connectivity index is 2.19. The number of nitrogens with zero attached hydrogens (tertiary/aromatic N) is 3. The summed E-state index contributed by atoms with van der Waals surface area (Å²) < 4.78 is 6.54. The molecule has 0 spiro atoms. The van der Waals surface area contributed by atoms with E-state index in [0.717, 1.165) is 0 Å². The van der Waals surface area contributed by atoms with Crippen LogP contribution in [-0.4, -0.2) is 27.6 Å². The van der Waals surface area contributed by atoms with Crippen LogP contribution in [0.15, 0.2) is 47.8 Å². The third-order valence-electron chi connectivity index (χ3n) is 3.30. The summed E-state index contributed by atoms with van der Waals surface area (Å²) in [6.07, 6.45) is 1.47. The summed E-state index contributed by atoms with van der Waals surface area (Å²) in [7, 11) is 1.56. The first-order valence-electron chi connectivity index (χ1n) is 6.37. The van der Waals surface area contributed by atoms with Gasteiger partial charge in [-0.2, -0.15) is 0 Å². The summed E-state index contributed by atoms with van der Waals surface area (Å²) in [6, 6.07) is 9.79. The van der Waals surface area contributed by atoms with Gasteiger partial charge in [0.05, 0.1) is 12.7 Å². The molecular formula is C15H11N3O4. The Labute approximate surface area is 124 Å². The smallest absolute Gasteiger partial charge is 0.335 e. The van der Waals surface area contributed by atoms with Gasteiger partial charge in [-0.25, -0.2) is 9.78 Å². The van der Waals surface area contributed by atoms with E-state index in [0.29, 0.717) is 22.7 Å². The SMILES string of the molecule is COc1ccc(-c2nc3cc(C(=O)O)ccn3c2N=O)cc1. The fourth-order valence-electron chi connectivity index (χ4n) is 2.19. The molecule has 0 saturated carbocycles. The number of carbonyl (C=O) groups is 1. The number of imidazole rings is 1. The van der Waals surface area contributed by atoms with Gasteiger partial charge in [-0.3, -0.25) is 4.40 Å². The zero-order valence-electron chi connectivity index (χ0n) is 11.6. The quantitative estimate of drug-likeness (QED) is 0.747. The molecule has 1 aromatic carbocycles. The molecule has 0 fully saturated rings. The van der Waals surface area contributed by atoms with E-state index < -0.39 is 5.97 Å². The van der Waals surface area contributed by atoms with Crippen LogP contribution < -0.4 is 4.74 Å². The van der Waals surface area contributed by atoms with E-state index in [4.69, 9.17) is 9.84 Å². The largest absolute Gasteiger partial charge is 0.497 e. The number of hydrogen-bond acceptors (Lipinski definition) is 5. The Kier molecular flexibility index (Phi) is 3.30. The summed E-state index contributed by atoms with van der Waals surface area (Å²) >= 11 is 0. The van der Waals surface area contributed by atoms with E-state index in [-0.39, 0.29) is 11.4 Å². The third-order valence-corrected chi connectivity index (χ3v) is 3.30. The fraction of sp³-hybridized carbons (Fsp3) is 0.0667. The molecule has 0 aliphatic rings. The van der Waals surface area contributed by atoms with Crippen molar-refractivity contribution in [2.45, 2.75) is 0 Å². The van der Waals surface area contributed by atoms with E-state index >= 15 is 0 Å². The van der Waals surface area contributed by atoms with Crippen LogP contribution in [0, 0.1) is 4.91 Å². The highest BCUT2D eigenvalue weighted by atomic mass is 16.5. The molecule has 0 aliphatic heterocycles. The number of ether oxygens (including phenoxy) is 1. The molecule has 0 bridgehead atoms. The highest BCUT2D eigenvalue weighted by molar-refractivity contribution is 5.89. The van der Waals surface area contributed by atoms with Crippen molar-refractivity contribution in [1.82, 2.24) is 9.38 Å². The lowest BCUT2D eigenvalue weighted by Crippen LogP contribution is -1.97. The molecule has 22 heavy (non-hydrogen) atoms. The zero-order chi connectivity index (χ0) is 15.7. The van der Waals surface area contributed by atoms with Crippen molar-refractivity contribution in [3.8, 4) is 17.0 Å². The second-order valence-electron chi connectivity index (χ2n) is 4.55. The molecule has 0 radical (unpaired) electrons. The highest BCUT2D eigenvalue weighted by Crippen LogP contribution is 2.32. The minimum atomic E-state index is -1.06. The Morgan fingerprint density at radius 1 is 1.27 bits per heavy atom. The summed E-state index contributed by atoms with van der Waals surface area (Å²) in [6.45, 7) is 0. The Bertz CT molecular complexity index is 868. The minimum absolute atomic E-state index is 0.0937. The molecule has 1 N–H and O–H groups in total. The molecule has 0 aliphatic carbocycles. The summed E-state index contributed by atoms with van der Waals surface area (Å²) in [4.78, 5) is 26.5. The van der Waals surface area contributed by atoms with E-state index in [9.17, 15) is 9.70 Å². The first kappa shape index (κ1) is 13.7. The minimum Gasteiger partial charge on any atom is -0.497 e. The average molecular weight is 297 g/mol. The maximum absolute atomic E-state index is 11.2. The number of benzene rings is 1. The summed E-state index contributed by atoms with van der Waals surface area (Å²) in [5.74, 6) is -0.254. The standard InChI is InChI=1S/C15H11N3O4/c1-22-11-4-2-9(3-5-11)13-14(17-21)18-7-6-10(15(19)20)8-12(18)16-13/h2-8H,1H3,(H,19,20). The number of carboxylic acids is 1. The number of hydrogen-bond donors (Lipinski definition) is 1. The number of pyridine rings is 1. The van der Waals surface area contributed by atoms with Gasteiger partial charge in [0.1, 0.15) is 17.1 Å². The lowest BCUT2D eigenvalue weighted by Gasteiger charge is -2.01. The summed E-state index contributed by atoms with van der Waals surface area (Å²) in [5.41, 5.74) is 1.52. The molecule has 0 unspecified atom stereocenters. The van der Waals surface area contributed by atoms with Crippen LogP contribution in [0.25, 0.3) is 16.9 Å². The number of nitroso groups, excluding NO2 is 1. The van der Waals surface area contributed by atoms with Crippen molar-refractivity contribution in [3.63, 3.8) is 0 Å². The van der Waals surface area contributed by atoms with E-state index in [1.807, 2.05) is 0 Å². The zero-order valence-corrected chi connectivity index (χ0v) is 11.6. The molecule has 0 saturated heterocycles. The van der Waals surface area contributed by atoms with Crippen molar-refractivity contribution in [2.75, 3.05) is 7.11 Å². The normalized spacial score (nSPS) is 10.6. The van der Waals surface area contributed by atoms with Gasteiger partial charge in [0.15, 0.2) is 0 Å². The van der Waals surface area contributed by atoms with Crippen LogP contribution in [0.3, 0.4) is 0 Å². The Morgan fingerprint density at radius 2 is 2.00 bits per heavy atom. The van der Waals surface area contributed by atoms with Gasteiger partial charge in [-0.15, -0.1) is 4.91 Å². The number of aromatic nitrogens is 2. The lowest BCUT2D eigenvalue weighted by molar-refractivity contribution is 0.0697. The van der Waals surface area contributed by atoms with Crippen LogP contribution in [0.5, 0.6) is 5.75 Å². The number of fused-ring (bicyclic) bond motifs is 1. The average Bonchev–Trinajstić information content (AvgIpc) is 2.92. The predicted molar refractivity (Wildman–Crippen MR) is 79.6 cm³/mol. The Morgan fingerprint density at radius 3 is 2.59 bits per heavy atom. The maximum atomic E-state index is 11.2. The molecule has 3 aromatic rings. The van der Waals surface area contributed by atoms with Gasteiger partial charge in [-0.1, -0.05) is 0 Å². The van der Waals surface area contributed by atoms with Gasteiger partial charge in [0.25, 0.3) is 0 Å². The Hall–Kier alpha value is -3.22. The van der Waals surface area contributed by atoms with Crippen molar-refractivity contribution in [3.05, 3.63) is 53.1 Å². The predicted octanol–water partition coefficient (Wildman–Crippen LogP) is 3.11. The molecule has 0 amide bonds. The lowest BCUT2D eigenvalue weighted by atomic mass is 10.1. The van der Waals surface area contributed by atoms with Gasteiger partial charge >= 0.3 is 5.97 Å². The number of carboxylic acid groups (broad SMARTS) is 1. The first-order valence-corrected chi connectivity index (χ1v) is 6.37.